The predicted octanol–water partition coefficient (Wildman–Crippen LogP) is 13.5. The standard InChI is InChI=1S/C47H78O6/c1-4-7-10-13-16-19-20-21-22-23-24-25-26-29-31-34-37-40-46(49)52-43-44(53-47(50)41-38-35-32-28-18-15-12-9-6-3)42-51-45(48)39-36-33-30-27-17-14-11-8-5-2/h8-9,11-12,16-19,21-22,27-28,44H,4-7,10,13-15,20,23-26,29-43H2,1-3H3/b11-8-,12-9-,19-16-,22-21-,27-17-,28-18-. The van der Waals surface area contributed by atoms with Gasteiger partial charge < -0.3 is 14.2 Å². The SMILES string of the molecule is CC/C=C\C/C=C\CCCCC(=O)OCC(COC(=O)CCCCCCCCC/C=C\C/C=C\CCCCC)OC(=O)CCCC/C=C\C/C=C\CC. The van der Waals surface area contributed by atoms with Crippen molar-refractivity contribution in [2.75, 3.05) is 13.2 Å². The number of rotatable bonds is 37. The Morgan fingerprint density at radius 2 is 0.736 bits per heavy atom. The molecular weight excluding hydrogens is 661 g/mol. The van der Waals surface area contributed by atoms with Crippen molar-refractivity contribution >= 4 is 17.9 Å². The molecular formula is C47H78O6. The van der Waals surface area contributed by atoms with Crippen LogP contribution in [0.3, 0.4) is 0 Å². The van der Waals surface area contributed by atoms with Gasteiger partial charge in [0, 0.05) is 19.3 Å². The number of unbranched alkanes of at least 4 members (excludes halogenated alkanes) is 14. The zero-order valence-electron chi connectivity index (χ0n) is 34.3. The number of ether oxygens (including phenoxy) is 3. The van der Waals surface area contributed by atoms with Gasteiger partial charge in [-0.25, -0.2) is 0 Å². The molecule has 0 fully saturated rings. The van der Waals surface area contributed by atoms with E-state index in [9.17, 15) is 14.4 Å². The zero-order chi connectivity index (χ0) is 38.7. The van der Waals surface area contributed by atoms with Gasteiger partial charge in [0.15, 0.2) is 6.10 Å². The fourth-order valence-electron chi connectivity index (χ4n) is 5.49. The highest BCUT2D eigenvalue weighted by molar-refractivity contribution is 5.71. The maximum Gasteiger partial charge on any atom is 0.306 e. The van der Waals surface area contributed by atoms with E-state index in [1.165, 1.54) is 51.4 Å². The number of carbonyl (C=O) groups is 3. The second kappa shape index (κ2) is 41.6. The summed E-state index contributed by atoms with van der Waals surface area (Å²) >= 11 is 0. The van der Waals surface area contributed by atoms with Crippen molar-refractivity contribution in [1.82, 2.24) is 0 Å². The number of hydrogen-bond donors (Lipinski definition) is 0. The van der Waals surface area contributed by atoms with Crippen LogP contribution >= 0.6 is 0 Å². The molecule has 0 saturated carbocycles. The first-order valence-corrected chi connectivity index (χ1v) is 21.4. The molecule has 0 aromatic rings. The fraction of sp³-hybridized carbons (Fsp3) is 0.681. The van der Waals surface area contributed by atoms with E-state index in [0.717, 1.165) is 89.9 Å². The molecule has 0 aliphatic rings. The molecule has 0 saturated heterocycles. The maximum atomic E-state index is 12.6. The van der Waals surface area contributed by atoms with E-state index < -0.39 is 6.10 Å². The highest BCUT2D eigenvalue weighted by Gasteiger charge is 2.19. The molecule has 0 radical (unpaired) electrons. The first-order chi connectivity index (χ1) is 26.0. The summed E-state index contributed by atoms with van der Waals surface area (Å²) in [4.78, 5) is 37.5. The van der Waals surface area contributed by atoms with Gasteiger partial charge in [0.1, 0.15) is 13.2 Å². The Hall–Kier alpha value is -3.15. The van der Waals surface area contributed by atoms with Crippen molar-refractivity contribution in [3.63, 3.8) is 0 Å². The van der Waals surface area contributed by atoms with Crippen LogP contribution in [0, 0.1) is 0 Å². The highest BCUT2D eigenvalue weighted by atomic mass is 16.6. The average Bonchev–Trinajstić information content (AvgIpc) is 3.15. The van der Waals surface area contributed by atoms with Crippen molar-refractivity contribution in [3.8, 4) is 0 Å². The van der Waals surface area contributed by atoms with Gasteiger partial charge in [-0.1, -0.05) is 139 Å². The topological polar surface area (TPSA) is 78.9 Å². The van der Waals surface area contributed by atoms with Gasteiger partial charge in [0.2, 0.25) is 0 Å². The molecule has 0 N–H and O–H groups in total. The summed E-state index contributed by atoms with van der Waals surface area (Å²) in [5.41, 5.74) is 0. The van der Waals surface area contributed by atoms with Crippen LogP contribution in [0.15, 0.2) is 72.9 Å². The molecule has 1 atom stereocenters. The quantitative estimate of drug-likeness (QED) is 0.0273. The second-order valence-corrected chi connectivity index (χ2v) is 13.8. The molecule has 0 aromatic carbocycles. The first-order valence-electron chi connectivity index (χ1n) is 21.4. The molecule has 0 aliphatic heterocycles. The van der Waals surface area contributed by atoms with Crippen LogP contribution in [0.5, 0.6) is 0 Å². The van der Waals surface area contributed by atoms with Gasteiger partial charge in [0.05, 0.1) is 0 Å². The third kappa shape index (κ3) is 39.9. The number of allylic oxidation sites excluding steroid dienone is 12. The summed E-state index contributed by atoms with van der Waals surface area (Å²) in [6, 6.07) is 0. The minimum absolute atomic E-state index is 0.104. The normalized spacial score (nSPS) is 12.7. The van der Waals surface area contributed by atoms with Crippen LogP contribution in [0.4, 0.5) is 0 Å². The third-order valence-corrected chi connectivity index (χ3v) is 8.68. The van der Waals surface area contributed by atoms with E-state index in [1.807, 2.05) is 0 Å². The van der Waals surface area contributed by atoms with E-state index in [-0.39, 0.29) is 37.5 Å². The first kappa shape index (κ1) is 49.9. The van der Waals surface area contributed by atoms with Gasteiger partial charge in [0.25, 0.3) is 0 Å². The van der Waals surface area contributed by atoms with Gasteiger partial charge in [-0.05, 0) is 103 Å². The lowest BCUT2D eigenvalue weighted by Gasteiger charge is -2.18. The van der Waals surface area contributed by atoms with Crippen molar-refractivity contribution in [1.29, 1.82) is 0 Å². The van der Waals surface area contributed by atoms with Gasteiger partial charge in [-0.2, -0.15) is 0 Å². The largest absolute Gasteiger partial charge is 0.462 e. The third-order valence-electron chi connectivity index (χ3n) is 8.68. The minimum Gasteiger partial charge on any atom is -0.462 e. The molecule has 0 aromatic heterocycles. The molecule has 0 spiro atoms. The van der Waals surface area contributed by atoms with Crippen molar-refractivity contribution in [2.45, 2.75) is 194 Å². The smallest absolute Gasteiger partial charge is 0.306 e. The van der Waals surface area contributed by atoms with Crippen molar-refractivity contribution in [3.05, 3.63) is 72.9 Å². The van der Waals surface area contributed by atoms with E-state index in [4.69, 9.17) is 14.2 Å². The van der Waals surface area contributed by atoms with Crippen LogP contribution in [-0.2, 0) is 28.6 Å². The Morgan fingerprint density at radius 3 is 1.17 bits per heavy atom. The Bertz CT molecular complexity index is 1030. The van der Waals surface area contributed by atoms with E-state index in [2.05, 4.69) is 93.7 Å². The summed E-state index contributed by atoms with van der Waals surface area (Å²) < 4.78 is 16.5. The molecule has 6 heteroatoms. The molecule has 0 aliphatic carbocycles. The second-order valence-electron chi connectivity index (χ2n) is 13.8. The molecule has 302 valence electrons. The Labute approximate surface area is 325 Å². The fourth-order valence-corrected chi connectivity index (χ4v) is 5.49. The molecule has 53 heavy (non-hydrogen) atoms. The number of carbonyl (C=O) groups excluding carboxylic acids is 3. The van der Waals surface area contributed by atoms with Gasteiger partial charge >= 0.3 is 17.9 Å². The number of hydrogen-bond acceptors (Lipinski definition) is 6. The maximum absolute atomic E-state index is 12.6. The number of esters is 3. The average molecular weight is 739 g/mol. The van der Waals surface area contributed by atoms with E-state index in [1.54, 1.807) is 0 Å². The predicted molar refractivity (Wildman–Crippen MR) is 224 cm³/mol. The molecule has 0 amide bonds. The molecule has 6 nitrogen and oxygen atoms in total. The van der Waals surface area contributed by atoms with E-state index in [0.29, 0.717) is 19.3 Å². The van der Waals surface area contributed by atoms with Crippen LogP contribution in [0.1, 0.15) is 188 Å². The minimum atomic E-state index is -0.804. The van der Waals surface area contributed by atoms with Gasteiger partial charge in [-0.15, -0.1) is 0 Å². The molecule has 1 unspecified atom stereocenters. The summed E-state index contributed by atoms with van der Waals surface area (Å²) in [7, 11) is 0. The monoisotopic (exact) mass is 739 g/mol. The van der Waals surface area contributed by atoms with Crippen LogP contribution in [0.25, 0.3) is 0 Å². The van der Waals surface area contributed by atoms with Crippen LogP contribution < -0.4 is 0 Å². The lowest BCUT2D eigenvalue weighted by molar-refractivity contribution is -0.167. The molecule has 0 bridgehead atoms. The Morgan fingerprint density at radius 1 is 0.396 bits per heavy atom. The van der Waals surface area contributed by atoms with Gasteiger partial charge in [-0.3, -0.25) is 14.4 Å². The van der Waals surface area contributed by atoms with Crippen molar-refractivity contribution in [2.24, 2.45) is 0 Å². The highest BCUT2D eigenvalue weighted by Crippen LogP contribution is 2.12. The lowest BCUT2D eigenvalue weighted by Crippen LogP contribution is -2.30. The Balaban J connectivity index is 4.37. The Kier molecular flexibility index (Phi) is 39.1. The lowest BCUT2D eigenvalue weighted by atomic mass is 10.1. The summed E-state index contributed by atoms with van der Waals surface area (Å²) in [5, 5.41) is 0. The summed E-state index contributed by atoms with van der Waals surface area (Å²) in [6.45, 7) is 6.26. The zero-order valence-corrected chi connectivity index (χ0v) is 34.3. The molecule has 0 rings (SSSR count). The summed E-state index contributed by atoms with van der Waals surface area (Å²) in [5.74, 6) is -0.997. The van der Waals surface area contributed by atoms with Crippen LogP contribution in [0.2, 0.25) is 0 Å². The molecule has 0 heterocycles. The van der Waals surface area contributed by atoms with E-state index >= 15 is 0 Å². The summed E-state index contributed by atoms with van der Waals surface area (Å²) in [6.07, 6.45) is 50.5. The van der Waals surface area contributed by atoms with Crippen LogP contribution in [-0.4, -0.2) is 37.2 Å². The van der Waals surface area contributed by atoms with Crippen molar-refractivity contribution < 1.29 is 28.6 Å².